The summed E-state index contributed by atoms with van der Waals surface area (Å²) >= 11 is 0. The largest absolute Gasteiger partial charge is 0.338 e. The molecule has 1 aliphatic heterocycles. The number of carbonyl (C=O) groups excluding carboxylic acids is 1. The minimum absolute atomic E-state index is 0.102. The van der Waals surface area contributed by atoms with Gasteiger partial charge in [-0.3, -0.25) is 14.9 Å². The molecule has 3 aromatic rings. The van der Waals surface area contributed by atoms with Gasteiger partial charge in [0, 0.05) is 47.7 Å². The molecule has 4 rings (SSSR count). The number of benzene rings is 1. The van der Waals surface area contributed by atoms with Crippen molar-refractivity contribution in [2.45, 2.75) is 38.5 Å². The number of nitrogens with one attached hydrogen (secondary N) is 1. The Morgan fingerprint density at radius 3 is 2.93 bits per heavy atom. The maximum absolute atomic E-state index is 13.1. The first kappa shape index (κ1) is 18.4. The summed E-state index contributed by atoms with van der Waals surface area (Å²) in [5.74, 6) is 0.373. The molecule has 0 saturated carbocycles. The van der Waals surface area contributed by atoms with Crippen LogP contribution >= 0.6 is 0 Å². The molecular weight excluding hydrogens is 348 g/mol. The average molecular weight is 374 g/mol. The number of hydrogen-bond acceptors (Lipinski definition) is 3. The molecule has 5 nitrogen and oxygen atoms in total. The van der Waals surface area contributed by atoms with Crippen molar-refractivity contribution in [2.75, 3.05) is 13.1 Å². The van der Waals surface area contributed by atoms with Gasteiger partial charge in [0.05, 0.1) is 6.20 Å². The van der Waals surface area contributed by atoms with Crippen LogP contribution in [-0.4, -0.2) is 39.1 Å². The summed E-state index contributed by atoms with van der Waals surface area (Å²) in [4.78, 5) is 19.5. The Labute approximate surface area is 165 Å². The van der Waals surface area contributed by atoms with E-state index in [1.807, 2.05) is 41.4 Å². The minimum atomic E-state index is 0.102. The van der Waals surface area contributed by atoms with Crippen LogP contribution < -0.4 is 0 Å². The van der Waals surface area contributed by atoms with Crippen molar-refractivity contribution in [3.8, 4) is 11.1 Å². The fourth-order valence-corrected chi connectivity index (χ4v) is 4.04. The smallest absolute Gasteiger partial charge is 0.253 e. The molecule has 1 fully saturated rings. The van der Waals surface area contributed by atoms with Crippen LogP contribution in [0.5, 0.6) is 0 Å². The zero-order chi connectivity index (χ0) is 19.3. The normalized spacial score (nSPS) is 16.9. The first-order valence-corrected chi connectivity index (χ1v) is 10.1. The van der Waals surface area contributed by atoms with Crippen LogP contribution in [0, 0.1) is 0 Å². The first-order chi connectivity index (χ1) is 13.8. The van der Waals surface area contributed by atoms with Gasteiger partial charge >= 0.3 is 0 Å². The molecule has 1 saturated heterocycles. The van der Waals surface area contributed by atoms with Crippen LogP contribution in [0.3, 0.4) is 0 Å². The third-order valence-electron chi connectivity index (χ3n) is 5.44. The highest BCUT2D eigenvalue weighted by molar-refractivity contribution is 5.94. The molecule has 1 amide bonds. The van der Waals surface area contributed by atoms with Crippen LogP contribution in [0.1, 0.15) is 53.8 Å². The summed E-state index contributed by atoms with van der Waals surface area (Å²) in [6.45, 7) is 3.64. The third kappa shape index (κ3) is 3.84. The van der Waals surface area contributed by atoms with Crippen molar-refractivity contribution in [1.82, 2.24) is 20.1 Å². The minimum Gasteiger partial charge on any atom is -0.338 e. The van der Waals surface area contributed by atoms with Crippen LogP contribution in [0.4, 0.5) is 0 Å². The van der Waals surface area contributed by atoms with Crippen LogP contribution in [0.25, 0.3) is 11.1 Å². The molecule has 1 aliphatic rings. The lowest BCUT2D eigenvalue weighted by molar-refractivity contribution is 0.0705. The zero-order valence-corrected chi connectivity index (χ0v) is 16.3. The van der Waals surface area contributed by atoms with Gasteiger partial charge in [-0.1, -0.05) is 43.7 Å². The zero-order valence-electron chi connectivity index (χ0n) is 16.3. The standard InChI is InChI=1S/C23H26N4O/c1-2-7-20-14-18(11-12-24-20)23(28)27-13-6-10-19(16-27)22-21(15-25-26-22)17-8-4-3-5-9-17/h3-5,8-9,11-12,14-15,19H,2,6-7,10,13,16H2,1H3,(H,25,26)/t19-/m1/s1. The van der Waals surface area contributed by atoms with Crippen molar-refractivity contribution in [3.05, 3.63) is 71.8 Å². The summed E-state index contributed by atoms with van der Waals surface area (Å²) in [6.07, 6.45) is 7.63. The number of piperidine rings is 1. The van der Waals surface area contributed by atoms with Crippen molar-refractivity contribution < 1.29 is 4.79 Å². The molecule has 5 heteroatoms. The van der Waals surface area contributed by atoms with Crippen molar-refractivity contribution in [1.29, 1.82) is 0 Å². The van der Waals surface area contributed by atoms with Gasteiger partial charge in [0.2, 0.25) is 0 Å². The van der Waals surface area contributed by atoms with Crippen molar-refractivity contribution in [2.24, 2.45) is 0 Å². The van der Waals surface area contributed by atoms with Crippen LogP contribution in [0.2, 0.25) is 0 Å². The number of H-pyrrole nitrogens is 1. The summed E-state index contributed by atoms with van der Waals surface area (Å²) < 4.78 is 0. The predicted molar refractivity (Wildman–Crippen MR) is 110 cm³/mol. The number of likely N-dealkylation sites (tertiary alicyclic amines) is 1. The van der Waals surface area contributed by atoms with Gasteiger partial charge in [0.25, 0.3) is 5.91 Å². The van der Waals surface area contributed by atoms with Gasteiger partial charge in [0.15, 0.2) is 0 Å². The Kier molecular flexibility index (Phi) is 5.51. The molecule has 28 heavy (non-hydrogen) atoms. The second-order valence-corrected chi connectivity index (χ2v) is 7.44. The number of aromatic nitrogens is 3. The SMILES string of the molecule is CCCc1cc(C(=O)N2CCC[C@@H](c3[nH]ncc3-c3ccccc3)C2)ccn1. The number of hydrogen-bond donors (Lipinski definition) is 1. The van der Waals surface area contributed by atoms with Crippen molar-refractivity contribution in [3.63, 3.8) is 0 Å². The lowest BCUT2D eigenvalue weighted by Gasteiger charge is -2.33. The summed E-state index contributed by atoms with van der Waals surface area (Å²) in [5, 5.41) is 7.50. The number of carbonyl (C=O) groups is 1. The molecule has 1 atom stereocenters. The summed E-state index contributed by atoms with van der Waals surface area (Å²) in [6, 6.07) is 14.1. The molecule has 0 spiro atoms. The molecule has 2 aromatic heterocycles. The van der Waals surface area contributed by atoms with Gasteiger partial charge in [-0.25, -0.2) is 0 Å². The topological polar surface area (TPSA) is 61.9 Å². The third-order valence-corrected chi connectivity index (χ3v) is 5.44. The molecule has 144 valence electrons. The van der Waals surface area contributed by atoms with E-state index >= 15 is 0 Å². The molecule has 1 aromatic carbocycles. The van der Waals surface area contributed by atoms with E-state index in [1.54, 1.807) is 6.20 Å². The number of nitrogens with zero attached hydrogens (tertiary/aromatic N) is 3. The number of rotatable bonds is 5. The van der Waals surface area contributed by atoms with E-state index in [4.69, 9.17) is 0 Å². The summed E-state index contributed by atoms with van der Waals surface area (Å²) in [5.41, 5.74) is 5.15. The molecule has 0 aliphatic carbocycles. The van der Waals surface area contributed by atoms with E-state index in [1.165, 1.54) is 0 Å². The molecule has 0 bridgehead atoms. The molecule has 0 radical (unpaired) electrons. The fourth-order valence-electron chi connectivity index (χ4n) is 4.04. The van der Waals surface area contributed by atoms with E-state index in [-0.39, 0.29) is 11.8 Å². The van der Waals surface area contributed by atoms with Crippen LogP contribution in [-0.2, 0) is 6.42 Å². The van der Waals surface area contributed by atoms with Gasteiger partial charge in [-0.2, -0.15) is 5.10 Å². The molecule has 1 N–H and O–H groups in total. The van der Waals surface area contributed by atoms with Gasteiger partial charge in [-0.15, -0.1) is 0 Å². The maximum Gasteiger partial charge on any atom is 0.253 e. The highest BCUT2D eigenvalue weighted by Crippen LogP contribution is 2.33. The quantitative estimate of drug-likeness (QED) is 0.718. The van der Waals surface area contributed by atoms with E-state index in [0.717, 1.165) is 60.3 Å². The fraction of sp³-hybridized carbons (Fsp3) is 0.348. The molecule has 3 heterocycles. The second kappa shape index (κ2) is 8.38. The molecule has 0 unspecified atom stereocenters. The summed E-state index contributed by atoms with van der Waals surface area (Å²) in [7, 11) is 0. The number of pyridine rings is 1. The van der Waals surface area contributed by atoms with E-state index < -0.39 is 0 Å². The van der Waals surface area contributed by atoms with E-state index in [9.17, 15) is 4.79 Å². The van der Waals surface area contributed by atoms with Crippen molar-refractivity contribution >= 4 is 5.91 Å². The number of aromatic amines is 1. The highest BCUT2D eigenvalue weighted by atomic mass is 16.2. The van der Waals surface area contributed by atoms with Gasteiger partial charge in [-0.05, 0) is 37.0 Å². The first-order valence-electron chi connectivity index (χ1n) is 10.1. The maximum atomic E-state index is 13.1. The lowest BCUT2D eigenvalue weighted by atomic mass is 9.90. The lowest BCUT2D eigenvalue weighted by Crippen LogP contribution is -2.39. The van der Waals surface area contributed by atoms with Gasteiger partial charge in [0.1, 0.15) is 0 Å². The Bertz CT molecular complexity index is 935. The number of aryl methyl sites for hydroxylation is 1. The Morgan fingerprint density at radius 2 is 2.11 bits per heavy atom. The second-order valence-electron chi connectivity index (χ2n) is 7.44. The molecular formula is C23H26N4O. The van der Waals surface area contributed by atoms with Gasteiger partial charge < -0.3 is 4.90 Å². The van der Waals surface area contributed by atoms with Crippen LogP contribution in [0.15, 0.2) is 54.9 Å². The average Bonchev–Trinajstić information content (AvgIpc) is 3.24. The van der Waals surface area contributed by atoms with E-state index in [2.05, 4.69) is 34.2 Å². The highest BCUT2D eigenvalue weighted by Gasteiger charge is 2.28. The number of amides is 1. The Hall–Kier alpha value is -2.95. The Balaban J connectivity index is 1.54. The Morgan fingerprint density at radius 1 is 1.25 bits per heavy atom. The van der Waals surface area contributed by atoms with E-state index in [0.29, 0.717) is 6.54 Å². The predicted octanol–water partition coefficient (Wildman–Crippen LogP) is 4.44. The monoisotopic (exact) mass is 374 g/mol.